The zero-order chi connectivity index (χ0) is 16.1. The number of aromatic nitrogens is 1. The van der Waals surface area contributed by atoms with E-state index in [-0.39, 0.29) is 5.91 Å². The Labute approximate surface area is 145 Å². The predicted molar refractivity (Wildman–Crippen MR) is 97.0 cm³/mol. The van der Waals surface area contributed by atoms with Crippen molar-refractivity contribution < 1.29 is 4.79 Å². The summed E-state index contributed by atoms with van der Waals surface area (Å²) in [4.78, 5) is 19.0. The Hall–Kier alpha value is -1.88. The van der Waals surface area contributed by atoms with Crippen LogP contribution in [0.3, 0.4) is 0 Å². The van der Waals surface area contributed by atoms with Crippen LogP contribution >= 0.6 is 15.9 Å². The molecule has 1 amide bonds. The van der Waals surface area contributed by atoms with Crippen LogP contribution in [0.2, 0.25) is 0 Å². The Balaban J connectivity index is 1.74. The van der Waals surface area contributed by atoms with Crippen molar-refractivity contribution in [2.75, 3.05) is 23.3 Å². The fraction of sp³-hybridized carbons (Fsp3) is 0.333. The van der Waals surface area contributed by atoms with Gasteiger partial charge >= 0.3 is 0 Å². The summed E-state index contributed by atoms with van der Waals surface area (Å²) < 4.78 is 0.937. The quantitative estimate of drug-likeness (QED) is 0.862. The maximum absolute atomic E-state index is 12.4. The molecule has 0 aliphatic carbocycles. The van der Waals surface area contributed by atoms with Crippen LogP contribution in [0.15, 0.2) is 47.2 Å². The Bertz CT molecular complexity index is 681. The van der Waals surface area contributed by atoms with Crippen molar-refractivity contribution in [3.8, 4) is 0 Å². The van der Waals surface area contributed by atoms with Gasteiger partial charge in [0.05, 0.1) is 17.4 Å². The van der Waals surface area contributed by atoms with Gasteiger partial charge in [-0.2, -0.15) is 0 Å². The van der Waals surface area contributed by atoms with Crippen molar-refractivity contribution in [1.29, 1.82) is 0 Å². The van der Waals surface area contributed by atoms with E-state index < -0.39 is 0 Å². The van der Waals surface area contributed by atoms with E-state index in [1.807, 2.05) is 36.5 Å². The zero-order valence-corrected chi connectivity index (χ0v) is 14.6. The van der Waals surface area contributed by atoms with Crippen molar-refractivity contribution in [2.24, 2.45) is 0 Å². The van der Waals surface area contributed by atoms with Crippen molar-refractivity contribution in [2.45, 2.75) is 25.7 Å². The number of carbonyl (C=O) groups excluding carboxylic acids is 1. The van der Waals surface area contributed by atoms with E-state index in [2.05, 4.69) is 31.1 Å². The number of anilines is 2. The van der Waals surface area contributed by atoms with Crippen LogP contribution in [0.5, 0.6) is 0 Å². The Morgan fingerprint density at radius 1 is 1.09 bits per heavy atom. The third-order valence-corrected chi connectivity index (χ3v) is 4.53. The molecule has 1 saturated heterocycles. The van der Waals surface area contributed by atoms with Gasteiger partial charge in [-0.3, -0.25) is 9.78 Å². The number of pyridine rings is 1. The minimum Gasteiger partial charge on any atom is -0.370 e. The summed E-state index contributed by atoms with van der Waals surface area (Å²) >= 11 is 3.41. The molecule has 1 aromatic carbocycles. The highest BCUT2D eigenvalue weighted by Gasteiger charge is 2.13. The molecule has 1 N–H and O–H groups in total. The van der Waals surface area contributed by atoms with Crippen LogP contribution in [0.4, 0.5) is 11.4 Å². The molecule has 0 spiro atoms. The number of hydrogen-bond acceptors (Lipinski definition) is 3. The minimum absolute atomic E-state index is 0.132. The van der Waals surface area contributed by atoms with E-state index in [4.69, 9.17) is 0 Å². The third-order valence-electron chi connectivity index (χ3n) is 4.04. The second kappa shape index (κ2) is 7.59. The van der Waals surface area contributed by atoms with Gasteiger partial charge in [-0.05, 0) is 37.1 Å². The van der Waals surface area contributed by atoms with E-state index in [0.29, 0.717) is 5.56 Å². The zero-order valence-electron chi connectivity index (χ0n) is 13.0. The van der Waals surface area contributed by atoms with Gasteiger partial charge in [0.15, 0.2) is 0 Å². The van der Waals surface area contributed by atoms with E-state index in [0.717, 1.165) is 28.9 Å². The number of rotatable bonds is 3. The highest BCUT2D eigenvalue weighted by atomic mass is 79.9. The minimum atomic E-state index is -0.132. The molecule has 5 heteroatoms. The lowest BCUT2D eigenvalue weighted by Gasteiger charge is -2.22. The number of carbonyl (C=O) groups is 1. The van der Waals surface area contributed by atoms with Gasteiger partial charge in [0.25, 0.3) is 5.91 Å². The SMILES string of the molecule is O=C(Nc1cccc(Br)c1)c1cncc(N2CCCCCC2)c1. The van der Waals surface area contributed by atoms with Crippen molar-refractivity contribution in [3.05, 3.63) is 52.8 Å². The third kappa shape index (κ3) is 4.32. The fourth-order valence-electron chi connectivity index (χ4n) is 2.82. The van der Waals surface area contributed by atoms with Crippen LogP contribution in [0.1, 0.15) is 36.0 Å². The second-order valence-electron chi connectivity index (χ2n) is 5.80. The molecule has 4 nitrogen and oxygen atoms in total. The molecule has 23 heavy (non-hydrogen) atoms. The molecular formula is C18H20BrN3O. The summed E-state index contributed by atoms with van der Waals surface area (Å²) in [7, 11) is 0. The van der Waals surface area contributed by atoms with Crippen LogP contribution in [-0.2, 0) is 0 Å². The average molecular weight is 374 g/mol. The van der Waals surface area contributed by atoms with Crippen molar-refractivity contribution >= 4 is 33.2 Å². The van der Waals surface area contributed by atoms with E-state index in [9.17, 15) is 4.79 Å². The van der Waals surface area contributed by atoms with Crippen LogP contribution in [0, 0.1) is 0 Å². The molecule has 0 radical (unpaired) electrons. The Morgan fingerprint density at radius 2 is 1.87 bits per heavy atom. The smallest absolute Gasteiger partial charge is 0.257 e. The second-order valence-corrected chi connectivity index (χ2v) is 6.71. The summed E-state index contributed by atoms with van der Waals surface area (Å²) in [6.07, 6.45) is 8.44. The fourth-order valence-corrected chi connectivity index (χ4v) is 3.22. The molecule has 0 bridgehead atoms. The summed E-state index contributed by atoms with van der Waals surface area (Å²) in [5.41, 5.74) is 2.39. The number of hydrogen-bond donors (Lipinski definition) is 1. The summed E-state index contributed by atoms with van der Waals surface area (Å²) in [5, 5.41) is 2.91. The Morgan fingerprint density at radius 3 is 2.61 bits per heavy atom. The molecule has 2 aromatic rings. The molecule has 0 unspecified atom stereocenters. The number of nitrogens with one attached hydrogen (secondary N) is 1. The van der Waals surface area contributed by atoms with Gasteiger partial charge in [-0.15, -0.1) is 0 Å². The maximum atomic E-state index is 12.4. The van der Waals surface area contributed by atoms with E-state index >= 15 is 0 Å². The highest BCUT2D eigenvalue weighted by molar-refractivity contribution is 9.10. The lowest BCUT2D eigenvalue weighted by molar-refractivity contribution is 0.102. The van der Waals surface area contributed by atoms with Gasteiger partial charge < -0.3 is 10.2 Å². The topological polar surface area (TPSA) is 45.2 Å². The first-order chi connectivity index (χ1) is 11.2. The average Bonchev–Trinajstić information content (AvgIpc) is 2.84. The molecule has 0 atom stereocenters. The van der Waals surface area contributed by atoms with E-state index in [1.165, 1.54) is 25.7 Å². The van der Waals surface area contributed by atoms with Gasteiger partial charge in [0.1, 0.15) is 0 Å². The number of benzene rings is 1. The molecule has 0 saturated carbocycles. The molecular weight excluding hydrogens is 354 g/mol. The molecule has 1 aromatic heterocycles. The van der Waals surface area contributed by atoms with Gasteiger partial charge in [-0.25, -0.2) is 0 Å². The number of nitrogens with zero attached hydrogens (tertiary/aromatic N) is 2. The molecule has 2 heterocycles. The van der Waals surface area contributed by atoms with Crippen LogP contribution in [0.25, 0.3) is 0 Å². The summed E-state index contributed by atoms with van der Waals surface area (Å²) in [6, 6.07) is 9.51. The normalized spacial score (nSPS) is 15.1. The number of halogens is 1. The molecule has 1 aliphatic rings. The summed E-state index contributed by atoms with van der Waals surface area (Å²) in [6.45, 7) is 2.08. The highest BCUT2D eigenvalue weighted by Crippen LogP contribution is 2.21. The largest absolute Gasteiger partial charge is 0.370 e. The molecule has 120 valence electrons. The van der Waals surface area contributed by atoms with Gasteiger partial charge in [-0.1, -0.05) is 34.8 Å². The monoisotopic (exact) mass is 373 g/mol. The lowest BCUT2D eigenvalue weighted by Crippen LogP contribution is -2.24. The maximum Gasteiger partial charge on any atom is 0.257 e. The predicted octanol–water partition coefficient (Wildman–Crippen LogP) is 4.48. The summed E-state index contributed by atoms with van der Waals surface area (Å²) in [5.74, 6) is -0.132. The van der Waals surface area contributed by atoms with Crippen molar-refractivity contribution in [3.63, 3.8) is 0 Å². The standard InChI is InChI=1S/C18H20BrN3O/c19-15-6-5-7-16(11-15)21-18(23)14-10-17(13-20-12-14)22-8-3-1-2-4-9-22/h5-7,10-13H,1-4,8-9H2,(H,21,23). The van der Waals surface area contributed by atoms with Crippen LogP contribution < -0.4 is 10.2 Å². The van der Waals surface area contributed by atoms with Crippen molar-refractivity contribution in [1.82, 2.24) is 4.98 Å². The first-order valence-electron chi connectivity index (χ1n) is 7.99. The van der Waals surface area contributed by atoms with Gasteiger partial charge in [0, 0.05) is 29.4 Å². The van der Waals surface area contributed by atoms with Crippen LogP contribution in [-0.4, -0.2) is 24.0 Å². The lowest BCUT2D eigenvalue weighted by atomic mass is 10.2. The van der Waals surface area contributed by atoms with E-state index in [1.54, 1.807) is 6.20 Å². The molecule has 1 fully saturated rings. The van der Waals surface area contributed by atoms with Gasteiger partial charge in [0.2, 0.25) is 0 Å². The first kappa shape index (κ1) is 16.0. The Kier molecular flexibility index (Phi) is 5.28. The number of amides is 1. The molecule has 3 rings (SSSR count). The first-order valence-corrected chi connectivity index (χ1v) is 8.78. The molecule has 1 aliphatic heterocycles.